The first-order valence-corrected chi connectivity index (χ1v) is 11.7. The molecule has 7 heteroatoms. The second-order valence-corrected chi connectivity index (χ2v) is 8.90. The van der Waals surface area contributed by atoms with Gasteiger partial charge in [-0.2, -0.15) is 5.26 Å². The topological polar surface area (TPSA) is 91.8 Å². The Labute approximate surface area is 193 Å². The second-order valence-electron chi connectivity index (χ2n) is 8.90. The summed E-state index contributed by atoms with van der Waals surface area (Å²) in [6.45, 7) is 4.28. The standard InChI is InChI=1S/C26H29N3O4/c27-15-19-2-1-3-20(14-19)21-5-6-22-24(28-33-26(22)23(21)17-30)7-4-18-8-10-29(11-9-18)16-25-31-12-13-32-25/h1-3,5-6,14,18,25,30H,4,7-13,16-17H2. The number of piperidine rings is 1. The van der Waals surface area contributed by atoms with E-state index in [0.717, 1.165) is 54.7 Å². The highest BCUT2D eigenvalue weighted by molar-refractivity contribution is 5.89. The SMILES string of the molecule is N#Cc1cccc(-c2ccc3c(CCC4CCN(CC5OCCO5)CC4)noc3c2CO)c1. The van der Waals surface area contributed by atoms with Gasteiger partial charge < -0.3 is 19.1 Å². The number of hydrogen-bond acceptors (Lipinski definition) is 7. The molecule has 2 aromatic carbocycles. The average Bonchev–Trinajstić information content (AvgIpc) is 3.53. The summed E-state index contributed by atoms with van der Waals surface area (Å²) in [6.07, 6.45) is 4.22. The molecule has 0 radical (unpaired) electrons. The predicted octanol–water partition coefficient (Wildman–Crippen LogP) is 3.88. The third kappa shape index (κ3) is 4.80. The quantitative estimate of drug-likeness (QED) is 0.588. The smallest absolute Gasteiger partial charge is 0.173 e. The molecule has 0 bridgehead atoms. The molecule has 0 amide bonds. The van der Waals surface area contributed by atoms with E-state index in [4.69, 9.17) is 14.0 Å². The van der Waals surface area contributed by atoms with Crippen LogP contribution in [0.25, 0.3) is 22.1 Å². The van der Waals surface area contributed by atoms with Crippen molar-refractivity contribution in [3.8, 4) is 17.2 Å². The van der Waals surface area contributed by atoms with Gasteiger partial charge in [0.2, 0.25) is 0 Å². The van der Waals surface area contributed by atoms with Crippen LogP contribution in [0.5, 0.6) is 0 Å². The molecule has 1 aromatic heterocycles. The van der Waals surface area contributed by atoms with Crippen molar-refractivity contribution in [1.82, 2.24) is 10.1 Å². The fraction of sp³-hybridized carbons (Fsp3) is 0.462. The minimum atomic E-state index is -0.148. The minimum absolute atomic E-state index is 0.0592. The lowest BCUT2D eigenvalue weighted by Crippen LogP contribution is -2.39. The number of ether oxygens (including phenoxy) is 2. The van der Waals surface area contributed by atoms with Crippen LogP contribution in [0.4, 0.5) is 0 Å². The van der Waals surface area contributed by atoms with E-state index in [9.17, 15) is 10.4 Å². The van der Waals surface area contributed by atoms with Crippen molar-refractivity contribution >= 4 is 11.0 Å². The molecule has 0 unspecified atom stereocenters. The average molecular weight is 448 g/mol. The zero-order chi connectivity index (χ0) is 22.6. The minimum Gasteiger partial charge on any atom is -0.392 e. The van der Waals surface area contributed by atoms with Gasteiger partial charge in [-0.1, -0.05) is 23.4 Å². The van der Waals surface area contributed by atoms with Gasteiger partial charge in [0.15, 0.2) is 11.9 Å². The van der Waals surface area contributed by atoms with Crippen molar-refractivity contribution in [3.63, 3.8) is 0 Å². The third-order valence-electron chi connectivity index (χ3n) is 6.87. The van der Waals surface area contributed by atoms with Gasteiger partial charge in [-0.15, -0.1) is 0 Å². The third-order valence-corrected chi connectivity index (χ3v) is 6.87. The van der Waals surface area contributed by atoms with Crippen molar-refractivity contribution in [2.24, 2.45) is 5.92 Å². The lowest BCUT2D eigenvalue weighted by atomic mass is 9.90. The Hall–Kier alpha value is -2.76. The van der Waals surface area contributed by atoms with Crippen molar-refractivity contribution in [2.45, 2.75) is 38.6 Å². The maximum atomic E-state index is 10.1. The Morgan fingerprint density at radius 1 is 1.12 bits per heavy atom. The van der Waals surface area contributed by atoms with Crippen LogP contribution in [0, 0.1) is 17.2 Å². The Kier molecular flexibility index (Phi) is 6.70. The number of rotatable bonds is 7. The first-order valence-electron chi connectivity index (χ1n) is 11.7. The molecular formula is C26H29N3O4. The summed E-state index contributed by atoms with van der Waals surface area (Å²) in [4.78, 5) is 2.44. The number of aromatic nitrogens is 1. The predicted molar refractivity (Wildman–Crippen MR) is 123 cm³/mol. The molecule has 2 fully saturated rings. The largest absolute Gasteiger partial charge is 0.392 e. The summed E-state index contributed by atoms with van der Waals surface area (Å²) in [7, 11) is 0. The molecule has 0 atom stereocenters. The van der Waals surface area contributed by atoms with E-state index in [0.29, 0.717) is 35.8 Å². The highest BCUT2D eigenvalue weighted by atomic mass is 16.7. The van der Waals surface area contributed by atoms with Crippen LogP contribution in [0.3, 0.4) is 0 Å². The van der Waals surface area contributed by atoms with Gasteiger partial charge in [-0.05, 0) is 74.0 Å². The molecule has 2 saturated heterocycles. The van der Waals surface area contributed by atoms with Crippen molar-refractivity contribution < 1.29 is 19.1 Å². The molecule has 0 aliphatic carbocycles. The molecule has 2 aliphatic heterocycles. The van der Waals surface area contributed by atoms with Crippen LogP contribution in [-0.4, -0.2) is 54.3 Å². The Morgan fingerprint density at radius 3 is 2.70 bits per heavy atom. The Balaban J connectivity index is 1.25. The van der Waals surface area contributed by atoms with Crippen LogP contribution in [0.1, 0.15) is 36.1 Å². The van der Waals surface area contributed by atoms with E-state index >= 15 is 0 Å². The summed E-state index contributed by atoms with van der Waals surface area (Å²) in [5.74, 6) is 0.670. The Bertz CT molecular complexity index is 1140. The van der Waals surface area contributed by atoms with Gasteiger partial charge in [0, 0.05) is 17.5 Å². The molecular weight excluding hydrogens is 418 g/mol. The van der Waals surface area contributed by atoms with Crippen LogP contribution in [-0.2, 0) is 22.5 Å². The highest BCUT2D eigenvalue weighted by Crippen LogP contribution is 2.33. The monoisotopic (exact) mass is 447 g/mol. The number of likely N-dealkylation sites (tertiary alicyclic amines) is 1. The molecule has 33 heavy (non-hydrogen) atoms. The lowest BCUT2D eigenvalue weighted by molar-refractivity contribution is -0.0661. The van der Waals surface area contributed by atoms with Gasteiger partial charge in [0.05, 0.1) is 37.1 Å². The maximum absolute atomic E-state index is 10.1. The number of fused-ring (bicyclic) bond motifs is 1. The molecule has 172 valence electrons. The van der Waals surface area contributed by atoms with E-state index in [-0.39, 0.29) is 12.9 Å². The number of nitriles is 1. The normalized spacial score (nSPS) is 18.2. The van der Waals surface area contributed by atoms with Crippen molar-refractivity contribution in [1.29, 1.82) is 5.26 Å². The zero-order valence-corrected chi connectivity index (χ0v) is 18.7. The number of benzene rings is 2. The molecule has 7 nitrogen and oxygen atoms in total. The number of aliphatic hydroxyl groups is 1. The van der Waals surface area contributed by atoms with Crippen LogP contribution in [0.15, 0.2) is 40.9 Å². The summed E-state index contributed by atoms with van der Waals surface area (Å²) in [5.41, 5.74) is 4.64. The summed E-state index contributed by atoms with van der Waals surface area (Å²) >= 11 is 0. The first kappa shape index (κ1) is 22.1. The van der Waals surface area contributed by atoms with Gasteiger partial charge in [-0.3, -0.25) is 4.90 Å². The molecule has 5 rings (SSSR count). The van der Waals surface area contributed by atoms with Gasteiger partial charge in [0.1, 0.15) is 0 Å². The molecule has 0 saturated carbocycles. The Morgan fingerprint density at radius 2 is 1.94 bits per heavy atom. The molecule has 3 aromatic rings. The molecule has 3 heterocycles. The van der Waals surface area contributed by atoms with Crippen molar-refractivity contribution in [3.05, 3.63) is 53.2 Å². The molecule has 0 spiro atoms. The zero-order valence-electron chi connectivity index (χ0n) is 18.7. The fourth-order valence-electron chi connectivity index (χ4n) is 5.00. The summed E-state index contributed by atoms with van der Waals surface area (Å²) < 4.78 is 16.9. The van der Waals surface area contributed by atoms with Gasteiger partial charge >= 0.3 is 0 Å². The lowest BCUT2D eigenvalue weighted by Gasteiger charge is -2.32. The number of hydrogen-bond donors (Lipinski definition) is 1. The van der Waals surface area contributed by atoms with Gasteiger partial charge in [-0.25, -0.2) is 0 Å². The van der Waals surface area contributed by atoms with Gasteiger partial charge in [0.25, 0.3) is 0 Å². The molecule has 1 N–H and O–H groups in total. The number of aryl methyl sites for hydroxylation is 1. The van der Waals surface area contributed by atoms with E-state index in [2.05, 4.69) is 16.1 Å². The fourth-order valence-corrected chi connectivity index (χ4v) is 5.00. The molecule has 2 aliphatic rings. The summed E-state index contributed by atoms with van der Waals surface area (Å²) in [5, 5.41) is 24.6. The maximum Gasteiger partial charge on any atom is 0.173 e. The van der Waals surface area contributed by atoms with Crippen LogP contribution < -0.4 is 0 Å². The highest BCUT2D eigenvalue weighted by Gasteiger charge is 2.25. The number of nitrogens with zero attached hydrogens (tertiary/aromatic N) is 3. The number of aliphatic hydroxyl groups excluding tert-OH is 1. The summed E-state index contributed by atoms with van der Waals surface area (Å²) in [6, 6.07) is 13.6. The van der Waals surface area contributed by atoms with E-state index in [1.807, 2.05) is 30.3 Å². The van der Waals surface area contributed by atoms with E-state index in [1.165, 1.54) is 12.8 Å². The first-order chi connectivity index (χ1) is 16.2. The van der Waals surface area contributed by atoms with Crippen LogP contribution >= 0.6 is 0 Å². The van der Waals surface area contributed by atoms with Crippen molar-refractivity contribution in [2.75, 3.05) is 32.8 Å². The van der Waals surface area contributed by atoms with Crippen LogP contribution in [0.2, 0.25) is 0 Å². The van der Waals surface area contributed by atoms with E-state index < -0.39 is 0 Å². The second kappa shape index (κ2) is 10.0. The van der Waals surface area contributed by atoms with E-state index in [1.54, 1.807) is 6.07 Å².